The van der Waals surface area contributed by atoms with Crippen molar-refractivity contribution >= 4 is 10.0 Å². The van der Waals surface area contributed by atoms with Crippen LogP contribution in [0.4, 0.5) is 0 Å². The minimum absolute atomic E-state index is 0.0125. The summed E-state index contributed by atoms with van der Waals surface area (Å²) in [5.74, 6) is 12.7. The molecule has 0 aromatic heterocycles. The van der Waals surface area contributed by atoms with Gasteiger partial charge in [0.25, 0.3) is 0 Å². The summed E-state index contributed by atoms with van der Waals surface area (Å²) in [5, 5.41) is 0. The van der Waals surface area contributed by atoms with E-state index in [0.717, 1.165) is 18.4 Å². The molecule has 0 atom stereocenters. The minimum atomic E-state index is -3.63. The van der Waals surface area contributed by atoms with E-state index in [1.807, 2.05) is 43.4 Å². The van der Waals surface area contributed by atoms with Crippen LogP contribution in [0.15, 0.2) is 65.6 Å². The second-order valence-electron chi connectivity index (χ2n) is 6.68. The fraction of sp³-hybridized carbons (Fsp3) is 0.304. The third-order valence-electron chi connectivity index (χ3n) is 4.29. The molecule has 0 radical (unpaired) electrons. The van der Waals surface area contributed by atoms with Gasteiger partial charge in [-0.15, -0.1) is 0 Å². The van der Waals surface area contributed by atoms with E-state index in [0.29, 0.717) is 5.92 Å². The Morgan fingerprint density at radius 2 is 1.52 bits per heavy atom. The lowest BCUT2D eigenvalue weighted by Crippen LogP contribution is -2.32. The molecule has 3 rings (SSSR count). The molecule has 2 aliphatic rings. The number of rotatable bonds is 4. The van der Waals surface area contributed by atoms with Gasteiger partial charge in [-0.2, -0.15) is 4.31 Å². The Bertz CT molecular complexity index is 957. The molecule has 3 nitrogen and oxygen atoms in total. The number of hydrogen-bond acceptors (Lipinski definition) is 2. The van der Waals surface area contributed by atoms with Crippen LogP contribution in [0, 0.1) is 42.4 Å². The average molecular weight is 378 g/mol. The van der Waals surface area contributed by atoms with Gasteiger partial charge in [0.2, 0.25) is 10.0 Å². The van der Waals surface area contributed by atoms with Crippen LogP contribution in [0.2, 0.25) is 0 Å². The first-order valence-electron chi connectivity index (χ1n) is 9.11. The van der Waals surface area contributed by atoms with Crippen LogP contribution in [0.25, 0.3) is 0 Å². The Morgan fingerprint density at radius 1 is 0.926 bits per heavy atom. The van der Waals surface area contributed by atoms with Crippen LogP contribution >= 0.6 is 0 Å². The summed E-state index contributed by atoms with van der Waals surface area (Å²) in [7, 11) is -3.63. The first-order chi connectivity index (χ1) is 13.1. The maximum Gasteiger partial charge on any atom is 0.244 e. The highest BCUT2D eigenvalue weighted by atomic mass is 32.2. The summed E-state index contributed by atoms with van der Waals surface area (Å²) in [6.07, 6.45) is 14.0. The zero-order valence-electron chi connectivity index (χ0n) is 15.4. The molecule has 0 N–H and O–H groups in total. The van der Waals surface area contributed by atoms with Crippen molar-refractivity contribution in [3.05, 3.63) is 66.3 Å². The van der Waals surface area contributed by atoms with Crippen molar-refractivity contribution in [1.29, 1.82) is 0 Å². The molecule has 138 valence electrons. The number of sulfonamides is 1. The first-order valence-corrected chi connectivity index (χ1v) is 10.5. The van der Waals surface area contributed by atoms with Crippen molar-refractivity contribution < 1.29 is 8.42 Å². The van der Waals surface area contributed by atoms with Crippen molar-refractivity contribution in [3.63, 3.8) is 0 Å². The summed E-state index contributed by atoms with van der Waals surface area (Å²) < 4.78 is 27.4. The number of allylic oxidation sites excluding steroid dienone is 6. The zero-order valence-corrected chi connectivity index (χ0v) is 16.2. The zero-order chi connectivity index (χ0) is 19.1. The lowest BCUT2D eigenvalue weighted by Gasteiger charge is -2.17. The summed E-state index contributed by atoms with van der Waals surface area (Å²) >= 11 is 0. The van der Waals surface area contributed by atoms with Crippen LogP contribution in [0.3, 0.4) is 0 Å². The SMILES string of the molecule is Cc1ccc(S(=O)(=O)N(CC#CC2C=CC=CC=C2)CC#CC2CC2)cc1. The number of benzene rings is 1. The highest BCUT2D eigenvalue weighted by molar-refractivity contribution is 7.89. The third kappa shape index (κ3) is 5.73. The molecule has 0 amide bonds. The molecule has 27 heavy (non-hydrogen) atoms. The van der Waals surface area contributed by atoms with Gasteiger partial charge >= 0.3 is 0 Å². The quantitative estimate of drug-likeness (QED) is 0.751. The van der Waals surface area contributed by atoms with Gasteiger partial charge in [0.05, 0.1) is 23.9 Å². The Hall–Kier alpha value is -2.53. The van der Waals surface area contributed by atoms with Crippen LogP contribution in [0.1, 0.15) is 18.4 Å². The maximum atomic E-state index is 13.0. The van der Waals surface area contributed by atoms with Crippen LogP contribution < -0.4 is 0 Å². The van der Waals surface area contributed by atoms with Crippen molar-refractivity contribution in [2.45, 2.75) is 24.7 Å². The fourth-order valence-electron chi connectivity index (χ4n) is 2.50. The summed E-state index contributed by atoms with van der Waals surface area (Å²) in [4.78, 5) is 0.279. The standard InChI is InChI=1S/C23H23NO2S/c1-20-12-16-23(17-13-20)27(25,26)24(19-7-11-22-14-15-22)18-6-10-21-8-4-2-3-5-9-21/h2-5,8-9,12-13,16-17,21-22H,14-15,18-19H2,1H3. The van der Waals surface area contributed by atoms with E-state index in [1.165, 1.54) is 4.31 Å². The van der Waals surface area contributed by atoms with E-state index in [2.05, 4.69) is 23.7 Å². The lowest BCUT2D eigenvalue weighted by molar-refractivity contribution is 0.482. The highest BCUT2D eigenvalue weighted by Gasteiger charge is 2.23. The van der Waals surface area contributed by atoms with Gasteiger partial charge in [-0.05, 0) is 31.9 Å². The van der Waals surface area contributed by atoms with E-state index in [9.17, 15) is 8.42 Å². The third-order valence-corrected chi connectivity index (χ3v) is 6.10. The van der Waals surface area contributed by atoms with Crippen molar-refractivity contribution in [2.24, 2.45) is 11.8 Å². The molecule has 0 saturated heterocycles. The largest absolute Gasteiger partial charge is 0.244 e. The molecular weight excluding hydrogens is 354 g/mol. The van der Waals surface area contributed by atoms with E-state index in [1.54, 1.807) is 24.3 Å². The summed E-state index contributed by atoms with van der Waals surface area (Å²) in [6, 6.07) is 6.89. The molecule has 1 fully saturated rings. The second kappa shape index (κ2) is 8.91. The molecule has 1 aromatic rings. The smallest absolute Gasteiger partial charge is 0.207 e. The van der Waals surface area contributed by atoms with E-state index >= 15 is 0 Å². The van der Waals surface area contributed by atoms with Gasteiger partial charge in [0.1, 0.15) is 0 Å². The number of hydrogen-bond donors (Lipinski definition) is 0. The Morgan fingerprint density at radius 3 is 2.11 bits per heavy atom. The van der Waals surface area contributed by atoms with Crippen molar-refractivity contribution in [1.82, 2.24) is 4.31 Å². The maximum absolute atomic E-state index is 13.0. The predicted molar refractivity (Wildman–Crippen MR) is 109 cm³/mol. The Kier molecular flexibility index (Phi) is 6.35. The monoisotopic (exact) mass is 377 g/mol. The topological polar surface area (TPSA) is 37.4 Å². The van der Waals surface area contributed by atoms with E-state index in [4.69, 9.17) is 0 Å². The van der Waals surface area contributed by atoms with Gasteiger partial charge in [-0.1, -0.05) is 77.8 Å². The van der Waals surface area contributed by atoms with Crippen LogP contribution in [-0.4, -0.2) is 25.8 Å². The van der Waals surface area contributed by atoms with Gasteiger partial charge in [-0.25, -0.2) is 8.42 Å². The molecule has 1 aromatic carbocycles. The molecule has 4 heteroatoms. The molecule has 2 aliphatic carbocycles. The normalized spacial score (nSPS) is 16.4. The molecule has 0 aliphatic heterocycles. The van der Waals surface area contributed by atoms with Crippen LogP contribution in [0.5, 0.6) is 0 Å². The lowest BCUT2D eigenvalue weighted by atomic mass is 10.1. The molecule has 0 spiro atoms. The number of nitrogens with zero attached hydrogens (tertiary/aromatic N) is 1. The van der Waals surface area contributed by atoms with Crippen molar-refractivity contribution in [2.75, 3.05) is 13.1 Å². The highest BCUT2D eigenvalue weighted by Crippen LogP contribution is 2.27. The molecule has 0 unspecified atom stereocenters. The van der Waals surface area contributed by atoms with Gasteiger partial charge < -0.3 is 0 Å². The molecule has 0 bridgehead atoms. The summed E-state index contributed by atoms with van der Waals surface area (Å²) in [6.45, 7) is 2.23. The second-order valence-corrected chi connectivity index (χ2v) is 8.62. The fourth-order valence-corrected chi connectivity index (χ4v) is 3.75. The predicted octanol–water partition coefficient (Wildman–Crippen LogP) is 3.70. The molecule has 0 heterocycles. The van der Waals surface area contributed by atoms with Gasteiger partial charge in [-0.3, -0.25) is 0 Å². The Balaban J connectivity index is 1.78. The number of aryl methyl sites for hydroxylation is 1. The van der Waals surface area contributed by atoms with Gasteiger partial charge in [0, 0.05) is 5.92 Å². The van der Waals surface area contributed by atoms with Crippen LogP contribution in [-0.2, 0) is 10.0 Å². The molecular formula is C23H23NO2S. The first kappa shape index (κ1) is 19.2. The van der Waals surface area contributed by atoms with E-state index < -0.39 is 10.0 Å². The van der Waals surface area contributed by atoms with Crippen molar-refractivity contribution in [3.8, 4) is 23.7 Å². The minimum Gasteiger partial charge on any atom is -0.207 e. The average Bonchev–Trinajstić information content (AvgIpc) is 3.48. The van der Waals surface area contributed by atoms with E-state index in [-0.39, 0.29) is 23.9 Å². The summed E-state index contributed by atoms with van der Waals surface area (Å²) in [5.41, 5.74) is 1.02. The Labute approximate surface area is 162 Å². The van der Waals surface area contributed by atoms with Gasteiger partial charge in [0.15, 0.2) is 0 Å². The molecule has 1 saturated carbocycles.